The fourth-order valence-electron chi connectivity index (χ4n) is 3.17. The molecule has 1 aliphatic carbocycles. The van der Waals surface area contributed by atoms with Gasteiger partial charge < -0.3 is 26.0 Å². The lowest BCUT2D eigenvalue weighted by Crippen LogP contribution is -2.39. The highest BCUT2D eigenvalue weighted by atomic mass is 16.3. The highest BCUT2D eigenvalue weighted by Crippen LogP contribution is 2.31. The van der Waals surface area contributed by atoms with E-state index in [1.54, 1.807) is 31.4 Å². The van der Waals surface area contributed by atoms with Gasteiger partial charge in [-0.25, -0.2) is 4.98 Å². The minimum Gasteiger partial charge on any atom is -0.391 e. The predicted molar refractivity (Wildman–Crippen MR) is 99.3 cm³/mol. The smallest absolute Gasteiger partial charge is 0.274 e. The number of hydrogen-bond acceptors (Lipinski definition) is 7. The van der Waals surface area contributed by atoms with E-state index in [2.05, 4.69) is 20.7 Å². The van der Waals surface area contributed by atoms with Gasteiger partial charge in [0.1, 0.15) is 22.9 Å². The minimum absolute atomic E-state index is 0.179. The monoisotopic (exact) mass is 369 g/mol. The maximum Gasteiger partial charge on any atom is 0.274 e. The second-order valence-electron chi connectivity index (χ2n) is 6.41. The normalized spacial score (nSPS) is 18.9. The summed E-state index contributed by atoms with van der Waals surface area (Å²) < 4.78 is 2.99. The number of primary amides is 1. The van der Waals surface area contributed by atoms with Gasteiger partial charge in [-0.15, -0.1) is 0 Å². The molecule has 0 radical (unpaired) electrons. The highest BCUT2D eigenvalue weighted by molar-refractivity contribution is 5.98. The SMILES string of the molecule is CNc1cc(Nc2cccn([C@H]3CC[C@@H]3O)c2=O)nc2c(C(N)=O)cnn12. The summed E-state index contributed by atoms with van der Waals surface area (Å²) in [6, 6.07) is 4.83. The van der Waals surface area contributed by atoms with Crippen molar-refractivity contribution in [2.75, 3.05) is 17.7 Å². The van der Waals surface area contributed by atoms with Crippen molar-refractivity contribution >= 4 is 28.9 Å². The molecule has 10 heteroatoms. The zero-order valence-corrected chi connectivity index (χ0v) is 14.6. The Morgan fingerprint density at radius 1 is 1.41 bits per heavy atom. The third kappa shape index (κ3) is 2.79. The van der Waals surface area contributed by atoms with Gasteiger partial charge in [0, 0.05) is 19.3 Å². The maximum atomic E-state index is 12.8. The van der Waals surface area contributed by atoms with Crippen molar-refractivity contribution in [2.24, 2.45) is 5.73 Å². The molecular formula is C17H19N7O3. The summed E-state index contributed by atoms with van der Waals surface area (Å²) in [4.78, 5) is 28.7. The maximum absolute atomic E-state index is 12.8. The van der Waals surface area contributed by atoms with Crippen LogP contribution in [0.4, 0.5) is 17.3 Å². The lowest BCUT2D eigenvalue weighted by atomic mass is 9.89. The zero-order chi connectivity index (χ0) is 19.1. The first kappa shape index (κ1) is 17.0. The molecule has 0 unspecified atom stereocenters. The number of carbonyl (C=O) groups is 1. The van der Waals surface area contributed by atoms with Crippen molar-refractivity contribution in [3.05, 3.63) is 46.5 Å². The molecule has 140 valence electrons. The molecule has 1 amide bonds. The van der Waals surface area contributed by atoms with E-state index in [0.29, 0.717) is 23.7 Å². The van der Waals surface area contributed by atoms with Crippen molar-refractivity contribution in [1.82, 2.24) is 19.2 Å². The molecule has 0 aromatic carbocycles. The van der Waals surface area contributed by atoms with Crippen LogP contribution in [0.2, 0.25) is 0 Å². The van der Waals surface area contributed by atoms with Crippen LogP contribution >= 0.6 is 0 Å². The zero-order valence-electron chi connectivity index (χ0n) is 14.6. The number of nitrogens with one attached hydrogen (secondary N) is 2. The lowest BCUT2D eigenvalue weighted by molar-refractivity contribution is 0.0300. The highest BCUT2D eigenvalue weighted by Gasteiger charge is 2.31. The number of pyridine rings is 1. The van der Waals surface area contributed by atoms with Crippen molar-refractivity contribution < 1.29 is 9.90 Å². The van der Waals surface area contributed by atoms with Crippen LogP contribution in [0.1, 0.15) is 29.2 Å². The number of amides is 1. The second-order valence-corrected chi connectivity index (χ2v) is 6.41. The van der Waals surface area contributed by atoms with Gasteiger partial charge in [-0.1, -0.05) is 0 Å². The molecular weight excluding hydrogens is 350 g/mol. The number of nitrogens with two attached hydrogens (primary N) is 1. The predicted octanol–water partition coefficient (Wildman–Crippen LogP) is 0.471. The van der Waals surface area contributed by atoms with Crippen LogP contribution in [-0.4, -0.2) is 43.3 Å². The fourth-order valence-corrected chi connectivity index (χ4v) is 3.17. The van der Waals surface area contributed by atoms with Crippen molar-refractivity contribution in [3.8, 4) is 0 Å². The summed E-state index contributed by atoms with van der Waals surface area (Å²) >= 11 is 0. The van der Waals surface area contributed by atoms with Gasteiger partial charge in [-0.2, -0.15) is 9.61 Å². The molecule has 1 saturated carbocycles. The van der Waals surface area contributed by atoms with E-state index >= 15 is 0 Å². The Bertz CT molecular complexity index is 1090. The van der Waals surface area contributed by atoms with E-state index < -0.39 is 12.0 Å². The number of aromatic nitrogens is 4. The lowest BCUT2D eigenvalue weighted by Gasteiger charge is -2.34. The third-order valence-electron chi connectivity index (χ3n) is 4.79. The van der Waals surface area contributed by atoms with E-state index in [1.165, 1.54) is 15.3 Å². The quantitative estimate of drug-likeness (QED) is 0.512. The summed E-state index contributed by atoms with van der Waals surface area (Å²) in [5.41, 5.74) is 5.90. The molecule has 5 N–H and O–H groups in total. The van der Waals surface area contributed by atoms with Crippen LogP contribution in [0.15, 0.2) is 35.4 Å². The van der Waals surface area contributed by atoms with Gasteiger partial charge in [-0.3, -0.25) is 9.59 Å². The fraction of sp³-hybridized carbons (Fsp3) is 0.294. The van der Waals surface area contributed by atoms with Gasteiger partial charge in [0.25, 0.3) is 11.5 Å². The van der Waals surface area contributed by atoms with Crippen molar-refractivity contribution in [3.63, 3.8) is 0 Å². The number of nitrogens with zero attached hydrogens (tertiary/aromatic N) is 4. The van der Waals surface area contributed by atoms with Crippen molar-refractivity contribution in [1.29, 1.82) is 0 Å². The minimum atomic E-state index is -0.641. The summed E-state index contributed by atoms with van der Waals surface area (Å²) in [7, 11) is 1.71. The summed E-state index contributed by atoms with van der Waals surface area (Å²) in [6.07, 6.45) is 3.96. The number of carbonyl (C=O) groups excluding carboxylic acids is 1. The van der Waals surface area contributed by atoms with Gasteiger partial charge in [0.15, 0.2) is 5.65 Å². The van der Waals surface area contributed by atoms with Crippen molar-refractivity contribution in [2.45, 2.75) is 25.0 Å². The molecule has 1 aliphatic rings. The summed E-state index contributed by atoms with van der Waals surface area (Å²) in [5, 5.41) is 19.9. The number of anilines is 3. The number of hydrogen-bond donors (Lipinski definition) is 4. The van der Waals surface area contributed by atoms with E-state index in [9.17, 15) is 14.7 Å². The second kappa shape index (κ2) is 6.40. The Hall–Kier alpha value is -3.40. The Morgan fingerprint density at radius 3 is 2.85 bits per heavy atom. The van der Waals surface area contributed by atoms with E-state index in [-0.39, 0.29) is 22.8 Å². The van der Waals surface area contributed by atoms with Crippen LogP contribution in [0, 0.1) is 0 Å². The van der Waals surface area contributed by atoms with Gasteiger partial charge >= 0.3 is 0 Å². The first-order chi connectivity index (χ1) is 13.0. The van der Waals surface area contributed by atoms with Crippen LogP contribution in [-0.2, 0) is 0 Å². The van der Waals surface area contributed by atoms with Crippen LogP contribution in [0.25, 0.3) is 5.65 Å². The molecule has 4 rings (SSSR count). The number of fused-ring (bicyclic) bond motifs is 1. The van der Waals surface area contributed by atoms with Crippen LogP contribution < -0.4 is 21.9 Å². The first-order valence-electron chi connectivity index (χ1n) is 8.52. The Balaban J connectivity index is 1.76. The van der Waals surface area contributed by atoms with E-state index in [0.717, 1.165) is 6.42 Å². The molecule has 10 nitrogen and oxygen atoms in total. The first-order valence-corrected chi connectivity index (χ1v) is 8.52. The molecule has 3 aromatic heterocycles. The molecule has 1 fully saturated rings. The Labute approximate surface area is 153 Å². The molecule has 2 atom stereocenters. The molecule has 3 heterocycles. The summed E-state index contributed by atoms with van der Waals surface area (Å²) in [5.74, 6) is 0.289. The van der Waals surface area contributed by atoms with Gasteiger partial charge in [0.05, 0.1) is 18.3 Å². The standard InChI is InChI=1S/C17H19N7O3/c1-19-14-7-13(22-16-9(15(18)26)8-20-24(14)16)21-10-3-2-6-23(17(10)27)11-4-5-12(11)25/h2-3,6-8,11-12,19,25H,4-5H2,1H3,(H2,18,26)(H,21,22)/t11-,12-/m0/s1. The molecule has 0 saturated heterocycles. The number of aliphatic hydroxyl groups is 1. The Kier molecular flexibility index (Phi) is 4.04. The van der Waals surface area contributed by atoms with Gasteiger partial charge in [-0.05, 0) is 25.0 Å². The van der Waals surface area contributed by atoms with E-state index in [4.69, 9.17) is 5.73 Å². The van der Waals surface area contributed by atoms with Gasteiger partial charge in [0.2, 0.25) is 0 Å². The summed E-state index contributed by atoms with van der Waals surface area (Å²) in [6.45, 7) is 0. The average Bonchev–Trinajstić information content (AvgIpc) is 3.07. The van der Waals surface area contributed by atoms with Crippen LogP contribution in [0.5, 0.6) is 0 Å². The average molecular weight is 369 g/mol. The Morgan fingerprint density at radius 2 is 2.22 bits per heavy atom. The topological polar surface area (TPSA) is 140 Å². The largest absolute Gasteiger partial charge is 0.391 e. The number of aliphatic hydroxyl groups excluding tert-OH is 1. The molecule has 0 spiro atoms. The van der Waals surface area contributed by atoms with E-state index in [1.807, 2.05) is 0 Å². The molecule has 27 heavy (non-hydrogen) atoms. The molecule has 3 aromatic rings. The molecule has 0 bridgehead atoms. The van der Waals surface area contributed by atoms with Crippen LogP contribution in [0.3, 0.4) is 0 Å². The number of rotatable bonds is 5. The third-order valence-corrected chi connectivity index (χ3v) is 4.79. The molecule has 0 aliphatic heterocycles.